The Morgan fingerprint density at radius 1 is 1.00 bits per heavy atom. The standard InChI is InChI=1S/C21H18F3N7O5S/c1-35-16-5-3-13(7-17(16)36-2)9-30-10-14(4-6-19(30)32)15-8-18(21(22,23)24)28-20(27-15)37(33,34)12-31-26-11-25-29-31/h3-8,10-11H,9,12H2,1-2H3. The Hall–Kier alpha value is -4.34. The van der Waals surface area contributed by atoms with Crippen molar-refractivity contribution < 1.29 is 31.1 Å². The molecule has 0 saturated carbocycles. The number of methoxy groups -OCH3 is 2. The minimum atomic E-state index is -4.97. The molecule has 0 spiro atoms. The summed E-state index contributed by atoms with van der Waals surface area (Å²) in [6.45, 7) is 0.0351. The number of tetrazole rings is 1. The van der Waals surface area contributed by atoms with Crippen LogP contribution in [-0.4, -0.2) is 57.4 Å². The van der Waals surface area contributed by atoms with E-state index in [1.807, 2.05) is 0 Å². The number of alkyl halides is 3. The zero-order valence-corrected chi connectivity index (χ0v) is 20.1. The lowest BCUT2D eigenvalue weighted by Crippen LogP contribution is -2.21. The molecule has 3 aromatic heterocycles. The van der Waals surface area contributed by atoms with Gasteiger partial charge in [0.05, 0.1) is 26.5 Å². The third-order valence-corrected chi connectivity index (χ3v) is 6.34. The fraction of sp³-hybridized carbons (Fsp3) is 0.238. The van der Waals surface area contributed by atoms with Gasteiger partial charge in [-0.05, 0) is 35.0 Å². The second kappa shape index (κ2) is 9.96. The fourth-order valence-electron chi connectivity index (χ4n) is 3.30. The SMILES string of the molecule is COc1ccc(Cn2cc(-c3cc(C(F)(F)F)nc(S(=O)(=O)Cn4ncnn4)n3)ccc2=O)cc1OC. The first-order valence-electron chi connectivity index (χ1n) is 10.3. The Morgan fingerprint density at radius 2 is 1.76 bits per heavy atom. The fourth-order valence-corrected chi connectivity index (χ4v) is 4.31. The van der Waals surface area contributed by atoms with Crippen molar-refractivity contribution in [1.82, 2.24) is 34.7 Å². The van der Waals surface area contributed by atoms with Crippen LogP contribution in [0.4, 0.5) is 13.2 Å². The normalized spacial score (nSPS) is 11.9. The van der Waals surface area contributed by atoms with Gasteiger partial charge < -0.3 is 14.0 Å². The molecule has 0 N–H and O–H groups in total. The molecule has 0 aliphatic carbocycles. The van der Waals surface area contributed by atoms with Gasteiger partial charge in [0.15, 0.2) is 23.7 Å². The highest BCUT2D eigenvalue weighted by Crippen LogP contribution is 2.31. The summed E-state index contributed by atoms with van der Waals surface area (Å²) >= 11 is 0. The van der Waals surface area contributed by atoms with Crippen LogP contribution in [0.1, 0.15) is 11.3 Å². The van der Waals surface area contributed by atoms with E-state index in [1.54, 1.807) is 18.2 Å². The number of sulfone groups is 1. The summed E-state index contributed by atoms with van der Waals surface area (Å²) in [4.78, 5) is 20.2. The molecule has 37 heavy (non-hydrogen) atoms. The Kier molecular flexibility index (Phi) is 6.93. The lowest BCUT2D eigenvalue weighted by Gasteiger charge is -2.13. The van der Waals surface area contributed by atoms with Crippen LogP contribution in [0.5, 0.6) is 11.5 Å². The van der Waals surface area contributed by atoms with E-state index in [0.717, 1.165) is 12.4 Å². The highest BCUT2D eigenvalue weighted by atomic mass is 32.2. The van der Waals surface area contributed by atoms with E-state index in [1.165, 1.54) is 31.0 Å². The average molecular weight is 537 g/mol. The average Bonchev–Trinajstić information content (AvgIpc) is 3.36. The summed E-state index contributed by atoms with van der Waals surface area (Å²) < 4.78 is 77.9. The monoisotopic (exact) mass is 537 g/mol. The lowest BCUT2D eigenvalue weighted by molar-refractivity contribution is -0.141. The van der Waals surface area contributed by atoms with E-state index in [2.05, 4.69) is 25.4 Å². The summed E-state index contributed by atoms with van der Waals surface area (Å²) in [5, 5.41) is 9.24. The maximum atomic E-state index is 13.6. The van der Waals surface area contributed by atoms with Gasteiger partial charge >= 0.3 is 6.18 Å². The summed E-state index contributed by atoms with van der Waals surface area (Å²) in [6.07, 6.45) is -2.73. The van der Waals surface area contributed by atoms with Gasteiger partial charge in [-0.15, -0.1) is 15.0 Å². The van der Waals surface area contributed by atoms with Crippen molar-refractivity contribution in [2.24, 2.45) is 0 Å². The minimum Gasteiger partial charge on any atom is -0.493 e. The van der Waals surface area contributed by atoms with Gasteiger partial charge in [-0.3, -0.25) is 4.79 Å². The molecule has 0 aliphatic heterocycles. The van der Waals surface area contributed by atoms with Crippen molar-refractivity contribution in [1.29, 1.82) is 0 Å². The molecule has 0 fully saturated rings. The van der Waals surface area contributed by atoms with Gasteiger partial charge in [-0.25, -0.2) is 18.4 Å². The van der Waals surface area contributed by atoms with Gasteiger partial charge in [0.25, 0.3) is 5.56 Å². The first kappa shape index (κ1) is 25.7. The maximum Gasteiger partial charge on any atom is 0.433 e. The molecule has 194 valence electrons. The number of hydrogen-bond acceptors (Lipinski definition) is 10. The predicted octanol–water partition coefficient (Wildman–Crippen LogP) is 1.81. The smallest absolute Gasteiger partial charge is 0.433 e. The predicted molar refractivity (Wildman–Crippen MR) is 120 cm³/mol. The van der Waals surface area contributed by atoms with E-state index in [-0.39, 0.29) is 17.8 Å². The van der Waals surface area contributed by atoms with Gasteiger partial charge in [-0.2, -0.15) is 13.2 Å². The molecule has 0 saturated heterocycles. The van der Waals surface area contributed by atoms with Gasteiger partial charge in [-0.1, -0.05) is 6.07 Å². The maximum absolute atomic E-state index is 13.6. The topological polar surface area (TPSA) is 144 Å². The van der Waals surface area contributed by atoms with Crippen LogP contribution in [0.2, 0.25) is 0 Å². The third kappa shape index (κ3) is 5.74. The van der Waals surface area contributed by atoms with Crippen LogP contribution in [0.25, 0.3) is 11.3 Å². The molecule has 0 aliphatic rings. The molecule has 16 heteroatoms. The van der Waals surface area contributed by atoms with Crippen molar-refractivity contribution in [2.75, 3.05) is 14.2 Å². The number of aromatic nitrogens is 7. The highest BCUT2D eigenvalue weighted by Gasteiger charge is 2.35. The molecule has 1 aromatic carbocycles. The van der Waals surface area contributed by atoms with Crippen LogP contribution in [0, 0.1) is 0 Å². The van der Waals surface area contributed by atoms with E-state index in [0.29, 0.717) is 27.9 Å². The lowest BCUT2D eigenvalue weighted by atomic mass is 10.1. The van der Waals surface area contributed by atoms with Crippen LogP contribution >= 0.6 is 0 Å². The van der Waals surface area contributed by atoms with E-state index in [9.17, 15) is 26.4 Å². The summed E-state index contributed by atoms with van der Waals surface area (Å²) in [7, 11) is -1.57. The first-order valence-corrected chi connectivity index (χ1v) is 12.0. The molecule has 12 nitrogen and oxygen atoms in total. The Balaban J connectivity index is 1.77. The molecule has 0 amide bonds. The first-order chi connectivity index (χ1) is 17.5. The molecular formula is C21H18F3N7O5S. The van der Waals surface area contributed by atoms with Gasteiger partial charge in [0.2, 0.25) is 15.0 Å². The van der Waals surface area contributed by atoms with Crippen molar-refractivity contribution >= 4 is 9.84 Å². The number of pyridine rings is 1. The number of benzene rings is 1. The molecule has 0 atom stereocenters. The van der Waals surface area contributed by atoms with Crippen LogP contribution < -0.4 is 15.0 Å². The molecule has 3 heterocycles. The molecular weight excluding hydrogens is 519 g/mol. The third-order valence-electron chi connectivity index (χ3n) is 5.03. The summed E-state index contributed by atoms with van der Waals surface area (Å²) in [5.74, 6) is -0.0265. The van der Waals surface area contributed by atoms with Crippen LogP contribution in [0.15, 0.2) is 58.9 Å². The number of hydrogen-bond donors (Lipinski definition) is 0. The van der Waals surface area contributed by atoms with Gasteiger partial charge in [0, 0.05) is 17.8 Å². The Bertz CT molecular complexity index is 1590. The quantitative estimate of drug-likeness (QED) is 0.305. The second-order valence-electron chi connectivity index (χ2n) is 7.54. The van der Waals surface area contributed by atoms with Gasteiger partial charge in [0.1, 0.15) is 5.69 Å². The molecule has 4 aromatic rings. The Labute approximate surface area is 207 Å². The number of nitrogens with zero attached hydrogens (tertiary/aromatic N) is 7. The van der Waals surface area contributed by atoms with Crippen molar-refractivity contribution in [3.05, 3.63) is 70.5 Å². The number of halogens is 3. The molecule has 0 radical (unpaired) electrons. The van der Waals surface area contributed by atoms with Crippen LogP contribution in [0.3, 0.4) is 0 Å². The minimum absolute atomic E-state index is 0.0351. The van der Waals surface area contributed by atoms with E-state index in [4.69, 9.17) is 9.47 Å². The molecule has 0 bridgehead atoms. The van der Waals surface area contributed by atoms with E-state index >= 15 is 0 Å². The Morgan fingerprint density at radius 3 is 2.41 bits per heavy atom. The molecule has 4 rings (SSSR count). The summed E-state index contributed by atoms with van der Waals surface area (Å²) in [5.41, 5.74) is -1.58. The second-order valence-corrected chi connectivity index (χ2v) is 9.40. The zero-order valence-electron chi connectivity index (χ0n) is 19.2. The van der Waals surface area contributed by atoms with E-state index < -0.39 is 38.3 Å². The van der Waals surface area contributed by atoms with Crippen molar-refractivity contribution in [3.8, 4) is 22.8 Å². The zero-order chi connectivity index (χ0) is 26.8. The number of rotatable bonds is 8. The highest BCUT2D eigenvalue weighted by molar-refractivity contribution is 7.90. The van der Waals surface area contributed by atoms with Crippen LogP contribution in [-0.2, 0) is 28.4 Å². The number of ether oxygens (including phenoxy) is 2. The molecule has 0 unspecified atom stereocenters. The van der Waals surface area contributed by atoms with Crippen molar-refractivity contribution in [3.63, 3.8) is 0 Å². The largest absolute Gasteiger partial charge is 0.493 e. The summed E-state index contributed by atoms with van der Waals surface area (Å²) in [6, 6.07) is 7.96. The van der Waals surface area contributed by atoms with Crippen molar-refractivity contribution in [2.45, 2.75) is 23.8 Å².